The quantitative estimate of drug-likeness (QED) is 0.651. The van der Waals surface area contributed by atoms with E-state index in [0.717, 1.165) is 12.4 Å². The third kappa shape index (κ3) is 3.42. The van der Waals surface area contributed by atoms with Crippen molar-refractivity contribution in [1.82, 2.24) is 0 Å². The maximum atomic E-state index is 5.55. The van der Waals surface area contributed by atoms with Crippen molar-refractivity contribution in [3.63, 3.8) is 0 Å². The molecule has 1 aromatic rings. The van der Waals surface area contributed by atoms with Gasteiger partial charge in [0.2, 0.25) is 0 Å². The monoisotopic (exact) mass is 163 g/mol. The highest BCUT2D eigenvalue weighted by Gasteiger charge is 2.10. The summed E-state index contributed by atoms with van der Waals surface area (Å²) >= 11 is 0. The summed E-state index contributed by atoms with van der Waals surface area (Å²) in [5, 5.41) is 0. The van der Waals surface area contributed by atoms with Gasteiger partial charge in [0, 0.05) is 0 Å². The second-order valence-corrected chi connectivity index (χ2v) is 4.09. The zero-order valence-corrected chi connectivity index (χ0v) is 7.92. The van der Waals surface area contributed by atoms with Crippen LogP contribution in [0, 0.1) is 11.5 Å². The first kappa shape index (κ1) is 9.11. The van der Waals surface area contributed by atoms with E-state index in [-0.39, 0.29) is 5.41 Å². The highest BCUT2D eigenvalue weighted by atomic mass is 16.5. The van der Waals surface area contributed by atoms with Gasteiger partial charge < -0.3 is 4.74 Å². The number of rotatable bonds is 2. The van der Waals surface area contributed by atoms with Gasteiger partial charge in [0.15, 0.2) is 0 Å². The minimum absolute atomic E-state index is 0.222. The molecule has 1 aromatic carbocycles. The van der Waals surface area contributed by atoms with Gasteiger partial charge in [0.25, 0.3) is 0 Å². The van der Waals surface area contributed by atoms with E-state index in [4.69, 9.17) is 4.74 Å². The molecule has 0 unspecified atom stereocenters. The molecule has 0 N–H and O–H groups in total. The molecule has 0 saturated carbocycles. The highest BCUT2D eigenvalue weighted by molar-refractivity contribution is 5.20. The van der Waals surface area contributed by atoms with Gasteiger partial charge >= 0.3 is 0 Å². The molecule has 65 valence electrons. The lowest BCUT2D eigenvalue weighted by molar-refractivity contribution is 0.198. The van der Waals surface area contributed by atoms with Crippen molar-refractivity contribution < 1.29 is 4.74 Å². The molecule has 1 radical (unpaired) electrons. The van der Waals surface area contributed by atoms with Crippen LogP contribution >= 0.6 is 0 Å². The van der Waals surface area contributed by atoms with Crippen LogP contribution in [-0.2, 0) is 0 Å². The van der Waals surface area contributed by atoms with Crippen LogP contribution in [-0.4, -0.2) is 6.61 Å². The predicted octanol–water partition coefficient (Wildman–Crippen LogP) is 2.91. The van der Waals surface area contributed by atoms with Crippen molar-refractivity contribution in [2.24, 2.45) is 5.41 Å². The third-order valence-electron chi connectivity index (χ3n) is 1.36. The summed E-state index contributed by atoms with van der Waals surface area (Å²) in [5.41, 5.74) is 0.222. The molecular weight excluding hydrogens is 148 g/mol. The number of benzene rings is 1. The molecule has 1 nitrogen and oxygen atoms in total. The molecule has 0 atom stereocenters. The van der Waals surface area contributed by atoms with Gasteiger partial charge in [-0.25, -0.2) is 0 Å². The molecule has 0 saturated heterocycles. The predicted molar refractivity (Wildman–Crippen MR) is 50.2 cm³/mol. The average molecular weight is 163 g/mol. The second kappa shape index (κ2) is 3.61. The molecular formula is C11H15O. The Balaban J connectivity index is 2.44. The Morgan fingerprint density at radius 3 is 2.33 bits per heavy atom. The summed E-state index contributed by atoms with van der Waals surface area (Å²) in [5.74, 6) is 0.920. The molecule has 0 spiro atoms. The van der Waals surface area contributed by atoms with Crippen molar-refractivity contribution in [3.05, 3.63) is 30.3 Å². The summed E-state index contributed by atoms with van der Waals surface area (Å²) in [6.07, 6.45) is 0. The Bertz CT molecular complexity index is 221. The van der Waals surface area contributed by atoms with E-state index in [2.05, 4.69) is 26.8 Å². The van der Waals surface area contributed by atoms with Gasteiger partial charge in [0.1, 0.15) is 5.75 Å². The SMILES string of the molecule is CC(C)(C)COc1cc[c]cc1. The topological polar surface area (TPSA) is 9.23 Å². The van der Waals surface area contributed by atoms with E-state index >= 15 is 0 Å². The zero-order chi connectivity index (χ0) is 9.03. The van der Waals surface area contributed by atoms with Crippen LogP contribution in [0.5, 0.6) is 5.75 Å². The summed E-state index contributed by atoms with van der Waals surface area (Å²) in [6, 6.07) is 10.5. The van der Waals surface area contributed by atoms with Gasteiger partial charge in [-0.15, -0.1) is 0 Å². The Morgan fingerprint density at radius 1 is 1.25 bits per heavy atom. The minimum Gasteiger partial charge on any atom is -0.493 e. The van der Waals surface area contributed by atoms with Crippen molar-refractivity contribution in [3.8, 4) is 5.75 Å². The van der Waals surface area contributed by atoms with E-state index in [9.17, 15) is 0 Å². The molecule has 1 heteroatoms. The van der Waals surface area contributed by atoms with Crippen LogP contribution in [0.1, 0.15) is 20.8 Å². The van der Waals surface area contributed by atoms with Gasteiger partial charge in [-0.05, 0) is 23.6 Å². The Hall–Kier alpha value is -0.980. The van der Waals surface area contributed by atoms with Crippen LogP contribution in [0.25, 0.3) is 0 Å². The first-order valence-corrected chi connectivity index (χ1v) is 4.17. The minimum atomic E-state index is 0.222. The lowest BCUT2D eigenvalue weighted by atomic mass is 9.99. The molecule has 0 aromatic heterocycles. The number of ether oxygens (including phenoxy) is 1. The van der Waals surface area contributed by atoms with Crippen molar-refractivity contribution >= 4 is 0 Å². The molecule has 0 aliphatic carbocycles. The molecule has 0 aliphatic heterocycles. The zero-order valence-electron chi connectivity index (χ0n) is 7.92. The molecule has 0 bridgehead atoms. The Kier molecular flexibility index (Phi) is 2.74. The van der Waals surface area contributed by atoms with Crippen molar-refractivity contribution in [1.29, 1.82) is 0 Å². The first-order chi connectivity index (χ1) is 5.58. The van der Waals surface area contributed by atoms with Crippen LogP contribution in [0.4, 0.5) is 0 Å². The molecule has 12 heavy (non-hydrogen) atoms. The van der Waals surface area contributed by atoms with Crippen LogP contribution in [0.3, 0.4) is 0 Å². The summed E-state index contributed by atoms with van der Waals surface area (Å²) in [4.78, 5) is 0. The van der Waals surface area contributed by atoms with Crippen molar-refractivity contribution in [2.45, 2.75) is 20.8 Å². The van der Waals surface area contributed by atoms with E-state index in [1.807, 2.05) is 24.3 Å². The van der Waals surface area contributed by atoms with Crippen LogP contribution < -0.4 is 4.74 Å². The fourth-order valence-corrected chi connectivity index (χ4v) is 0.768. The Labute approximate surface area is 74.4 Å². The van der Waals surface area contributed by atoms with Gasteiger partial charge in [0.05, 0.1) is 6.61 Å². The number of hydrogen-bond donors (Lipinski definition) is 0. The maximum absolute atomic E-state index is 5.55. The fraction of sp³-hybridized carbons (Fsp3) is 0.455. The van der Waals surface area contributed by atoms with E-state index in [0.29, 0.717) is 0 Å². The molecule has 1 rings (SSSR count). The lowest BCUT2D eigenvalue weighted by Gasteiger charge is -2.18. The summed E-state index contributed by atoms with van der Waals surface area (Å²) < 4.78 is 5.55. The van der Waals surface area contributed by atoms with Crippen LogP contribution in [0.15, 0.2) is 24.3 Å². The largest absolute Gasteiger partial charge is 0.493 e. The smallest absolute Gasteiger partial charge is 0.119 e. The second-order valence-electron chi connectivity index (χ2n) is 4.09. The van der Waals surface area contributed by atoms with Gasteiger partial charge in [-0.3, -0.25) is 0 Å². The normalized spacial score (nSPS) is 11.2. The van der Waals surface area contributed by atoms with Crippen LogP contribution in [0.2, 0.25) is 0 Å². The van der Waals surface area contributed by atoms with Gasteiger partial charge in [-0.1, -0.05) is 32.9 Å². The van der Waals surface area contributed by atoms with E-state index in [1.165, 1.54) is 0 Å². The first-order valence-electron chi connectivity index (χ1n) is 4.17. The number of hydrogen-bond acceptors (Lipinski definition) is 1. The molecule has 0 aliphatic rings. The summed E-state index contributed by atoms with van der Waals surface area (Å²) in [6.45, 7) is 7.21. The maximum Gasteiger partial charge on any atom is 0.119 e. The Morgan fingerprint density at radius 2 is 1.83 bits per heavy atom. The molecule has 0 amide bonds. The summed E-state index contributed by atoms with van der Waals surface area (Å²) in [7, 11) is 0. The van der Waals surface area contributed by atoms with E-state index < -0.39 is 0 Å². The standard InChI is InChI=1S/C11H15O/c1-11(2,3)9-12-10-7-5-4-6-8-10/h5-8H,9H2,1-3H3. The van der Waals surface area contributed by atoms with Gasteiger partial charge in [-0.2, -0.15) is 0 Å². The molecule has 0 heterocycles. The highest BCUT2D eigenvalue weighted by Crippen LogP contribution is 2.16. The van der Waals surface area contributed by atoms with Crippen molar-refractivity contribution in [2.75, 3.05) is 6.61 Å². The van der Waals surface area contributed by atoms with E-state index in [1.54, 1.807) is 0 Å². The average Bonchev–Trinajstić information content (AvgIpc) is 2.02. The third-order valence-corrected chi connectivity index (χ3v) is 1.36. The molecule has 0 fully saturated rings. The fourth-order valence-electron chi connectivity index (χ4n) is 0.768. The lowest BCUT2D eigenvalue weighted by Crippen LogP contribution is -2.16.